The number of aliphatic carboxylic acids is 1. The van der Waals surface area contributed by atoms with Crippen molar-refractivity contribution in [1.29, 1.82) is 0 Å². The number of nitrogens with zero attached hydrogens (tertiary/aromatic N) is 1. The Kier molecular flexibility index (Phi) is 5.74. The third kappa shape index (κ3) is 3.80. The minimum Gasteiger partial charge on any atom is -0.493 e. The Morgan fingerprint density at radius 1 is 1.30 bits per heavy atom. The maximum atomic E-state index is 12.7. The van der Waals surface area contributed by atoms with Crippen molar-refractivity contribution in [3.8, 4) is 11.5 Å². The highest BCUT2D eigenvalue weighted by molar-refractivity contribution is 5.91. The molecule has 1 aromatic carbocycles. The standard InChI is InChI=1S/C19H26N2O6/c1-25-8-9-27-16-10-14(5-6-15(16)26-2)20-18(24)21-11-13-4-3-7-19(13,12-21)17(22)23/h5-6,10,13H,3-4,7-9,11-12H2,1-2H3,(H,20,24)(H,22,23)/t13-,19+/m0/s1. The average molecular weight is 378 g/mol. The molecule has 1 aromatic rings. The minimum absolute atomic E-state index is 0.0320. The molecule has 0 bridgehead atoms. The number of carboxylic acids is 1. The summed E-state index contributed by atoms with van der Waals surface area (Å²) in [5, 5.41) is 12.5. The lowest BCUT2D eigenvalue weighted by molar-refractivity contribution is -0.149. The van der Waals surface area contributed by atoms with Gasteiger partial charge < -0.3 is 29.5 Å². The first kappa shape index (κ1) is 19.3. The molecule has 2 amide bonds. The van der Waals surface area contributed by atoms with Crippen molar-refractivity contribution >= 4 is 17.7 Å². The van der Waals surface area contributed by atoms with Crippen molar-refractivity contribution in [2.24, 2.45) is 11.3 Å². The third-order valence-corrected chi connectivity index (χ3v) is 5.54. The van der Waals surface area contributed by atoms with Gasteiger partial charge in [-0.25, -0.2) is 4.79 Å². The molecule has 0 unspecified atom stereocenters. The largest absolute Gasteiger partial charge is 0.493 e. The van der Waals surface area contributed by atoms with Crippen molar-refractivity contribution in [2.45, 2.75) is 19.3 Å². The number of amides is 2. The van der Waals surface area contributed by atoms with Crippen molar-refractivity contribution in [2.75, 3.05) is 45.8 Å². The topological polar surface area (TPSA) is 97.3 Å². The van der Waals surface area contributed by atoms with Crippen LogP contribution in [0.25, 0.3) is 0 Å². The van der Waals surface area contributed by atoms with Crippen molar-refractivity contribution < 1.29 is 28.9 Å². The molecule has 8 nitrogen and oxygen atoms in total. The highest BCUT2D eigenvalue weighted by atomic mass is 16.5. The van der Waals surface area contributed by atoms with Gasteiger partial charge in [0.2, 0.25) is 0 Å². The molecule has 2 N–H and O–H groups in total. The zero-order valence-corrected chi connectivity index (χ0v) is 15.7. The maximum absolute atomic E-state index is 12.7. The van der Waals surface area contributed by atoms with Gasteiger partial charge >= 0.3 is 12.0 Å². The normalized spacial score (nSPS) is 23.8. The SMILES string of the molecule is COCCOc1cc(NC(=O)N2C[C@@H]3CCC[C@@]3(C(=O)O)C2)ccc1OC. The van der Waals surface area contributed by atoms with E-state index >= 15 is 0 Å². The van der Waals surface area contributed by atoms with Gasteiger partial charge in [-0.05, 0) is 30.9 Å². The second-order valence-corrected chi connectivity index (χ2v) is 7.07. The highest BCUT2D eigenvalue weighted by Gasteiger charge is 2.55. The Hall–Kier alpha value is -2.48. The number of urea groups is 1. The van der Waals surface area contributed by atoms with Gasteiger partial charge in [0.15, 0.2) is 11.5 Å². The van der Waals surface area contributed by atoms with Gasteiger partial charge in [-0.15, -0.1) is 0 Å². The lowest BCUT2D eigenvalue weighted by atomic mass is 9.81. The first-order valence-electron chi connectivity index (χ1n) is 9.09. The fourth-order valence-electron chi connectivity index (χ4n) is 4.10. The van der Waals surface area contributed by atoms with Gasteiger partial charge in [-0.1, -0.05) is 6.42 Å². The predicted molar refractivity (Wildman–Crippen MR) is 98.4 cm³/mol. The number of nitrogens with one attached hydrogen (secondary N) is 1. The summed E-state index contributed by atoms with van der Waals surface area (Å²) in [6, 6.07) is 4.84. The molecule has 0 aromatic heterocycles. The summed E-state index contributed by atoms with van der Waals surface area (Å²) in [7, 11) is 3.14. The van der Waals surface area contributed by atoms with Crippen LogP contribution in [0.15, 0.2) is 18.2 Å². The van der Waals surface area contributed by atoms with E-state index in [2.05, 4.69) is 5.32 Å². The van der Waals surface area contributed by atoms with Crippen LogP contribution in [0.2, 0.25) is 0 Å². The van der Waals surface area contributed by atoms with E-state index in [1.165, 1.54) is 0 Å². The van der Waals surface area contributed by atoms with Crippen LogP contribution in [-0.2, 0) is 9.53 Å². The Morgan fingerprint density at radius 3 is 2.78 bits per heavy atom. The van der Waals surface area contributed by atoms with Crippen LogP contribution in [0.1, 0.15) is 19.3 Å². The zero-order valence-electron chi connectivity index (χ0n) is 15.7. The molecule has 0 radical (unpaired) electrons. The number of fused-ring (bicyclic) bond motifs is 1. The summed E-state index contributed by atoms with van der Waals surface area (Å²) in [4.78, 5) is 26.0. The lowest BCUT2D eigenvalue weighted by Crippen LogP contribution is -2.38. The second kappa shape index (κ2) is 8.04. The number of likely N-dealkylation sites (tertiary alicyclic amines) is 1. The molecular formula is C19H26N2O6. The number of benzene rings is 1. The average Bonchev–Trinajstić information content (AvgIpc) is 3.21. The Morgan fingerprint density at radius 2 is 2.11 bits per heavy atom. The lowest BCUT2D eigenvalue weighted by Gasteiger charge is -2.23. The number of carbonyl (C=O) groups is 2. The van der Waals surface area contributed by atoms with Gasteiger partial charge in [-0.3, -0.25) is 4.79 Å². The van der Waals surface area contributed by atoms with Gasteiger partial charge in [0, 0.05) is 32.0 Å². The molecule has 1 saturated carbocycles. The summed E-state index contributed by atoms with van der Waals surface area (Å²) in [5.41, 5.74) is -0.222. The number of anilines is 1. The first-order valence-corrected chi connectivity index (χ1v) is 9.09. The van der Waals surface area contributed by atoms with E-state index < -0.39 is 11.4 Å². The Bertz CT molecular complexity index is 709. The van der Waals surface area contributed by atoms with Crippen molar-refractivity contribution in [3.63, 3.8) is 0 Å². The molecule has 2 atom stereocenters. The number of methoxy groups -OCH3 is 2. The second-order valence-electron chi connectivity index (χ2n) is 7.07. The minimum atomic E-state index is -0.793. The zero-order chi connectivity index (χ0) is 19.4. The van der Waals surface area contributed by atoms with Gasteiger partial charge in [0.05, 0.1) is 19.1 Å². The van der Waals surface area contributed by atoms with E-state index in [9.17, 15) is 14.7 Å². The van der Waals surface area contributed by atoms with E-state index in [1.54, 1.807) is 37.3 Å². The van der Waals surface area contributed by atoms with Crippen LogP contribution in [0.4, 0.5) is 10.5 Å². The molecule has 148 valence electrons. The van der Waals surface area contributed by atoms with Gasteiger partial charge in [-0.2, -0.15) is 0 Å². The molecule has 27 heavy (non-hydrogen) atoms. The van der Waals surface area contributed by atoms with E-state index in [1.807, 2.05) is 0 Å². The van der Waals surface area contributed by atoms with E-state index in [4.69, 9.17) is 14.2 Å². The predicted octanol–water partition coefficient (Wildman–Crippen LogP) is 2.44. The summed E-state index contributed by atoms with van der Waals surface area (Å²) < 4.78 is 15.9. The van der Waals surface area contributed by atoms with Gasteiger partial charge in [0.25, 0.3) is 0 Å². The van der Waals surface area contributed by atoms with Crippen LogP contribution in [-0.4, -0.2) is 62.5 Å². The summed E-state index contributed by atoms with van der Waals surface area (Å²) >= 11 is 0. The quantitative estimate of drug-likeness (QED) is 0.708. The van der Waals surface area contributed by atoms with Gasteiger partial charge in [0.1, 0.15) is 6.61 Å². The van der Waals surface area contributed by atoms with Crippen LogP contribution in [0, 0.1) is 11.3 Å². The summed E-state index contributed by atoms with van der Waals surface area (Å²) in [6.45, 7) is 1.53. The Balaban J connectivity index is 1.67. The molecule has 1 aliphatic heterocycles. The van der Waals surface area contributed by atoms with Crippen LogP contribution >= 0.6 is 0 Å². The van der Waals surface area contributed by atoms with Crippen LogP contribution in [0.3, 0.4) is 0 Å². The molecule has 1 aliphatic carbocycles. The van der Waals surface area contributed by atoms with Crippen LogP contribution in [0.5, 0.6) is 11.5 Å². The highest BCUT2D eigenvalue weighted by Crippen LogP contribution is 2.49. The van der Waals surface area contributed by atoms with Crippen molar-refractivity contribution in [1.82, 2.24) is 4.90 Å². The number of hydrogen-bond acceptors (Lipinski definition) is 5. The summed E-state index contributed by atoms with van der Waals surface area (Å²) in [5.74, 6) is 0.306. The van der Waals surface area contributed by atoms with E-state index in [0.717, 1.165) is 12.8 Å². The number of carboxylic acid groups (broad SMARTS) is 1. The molecule has 8 heteroatoms. The molecule has 3 rings (SSSR count). The maximum Gasteiger partial charge on any atom is 0.321 e. The van der Waals surface area contributed by atoms with Crippen LogP contribution < -0.4 is 14.8 Å². The molecular weight excluding hydrogens is 352 g/mol. The molecule has 1 heterocycles. The molecule has 2 aliphatic rings. The van der Waals surface area contributed by atoms with E-state index in [0.29, 0.717) is 43.4 Å². The number of ether oxygens (including phenoxy) is 3. The Labute approximate surface area is 158 Å². The number of carbonyl (C=O) groups excluding carboxylic acids is 1. The summed E-state index contributed by atoms with van der Waals surface area (Å²) in [6.07, 6.45) is 2.40. The number of hydrogen-bond donors (Lipinski definition) is 2. The monoisotopic (exact) mass is 378 g/mol. The smallest absolute Gasteiger partial charge is 0.321 e. The number of rotatable bonds is 7. The third-order valence-electron chi connectivity index (χ3n) is 5.54. The fraction of sp³-hybridized carbons (Fsp3) is 0.579. The molecule has 1 saturated heterocycles. The fourth-order valence-corrected chi connectivity index (χ4v) is 4.10. The van der Waals surface area contributed by atoms with E-state index in [-0.39, 0.29) is 18.5 Å². The molecule has 2 fully saturated rings. The molecule has 0 spiro atoms. The first-order chi connectivity index (χ1) is 13.0. The van der Waals surface area contributed by atoms with Crippen molar-refractivity contribution in [3.05, 3.63) is 18.2 Å².